The third kappa shape index (κ3) is 1.39. The summed E-state index contributed by atoms with van der Waals surface area (Å²) in [6, 6.07) is -0.528. The van der Waals surface area contributed by atoms with Crippen molar-refractivity contribution in [3.8, 4) is 0 Å². The molecule has 1 unspecified atom stereocenters. The zero-order valence-electron chi connectivity index (χ0n) is 7.13. The van der Waals surface area contributed by atoms with Crippen LogP contribution in [0, 0.1) is 0 Å². The Balaban J connectivity index is 2.63. The molecule has 3 N–H and O–H groups in total. The van der Waals surface area contributed by atoms with Gasteiger partial charge in [-0.3, -0.25) is 4.40 Å². The van der Waals surface area contributed by atoms with Crippen molar-refractivity contribution in [1.82, 2.24) is 19.6 Å². The minimum atomic E-state index is -0.528. The van der Waals surface area contributed by atoms with Crippen LogP contribution in [-0.2, 0) is 0 Å². The van der Waals surface area contributed by atoms with Crippen molar-refractivity contribution < 1.29 is 5.11 Å². The molecule has 0 saturated heterocycles. The smallest absolute Gasteiger partial charge is 0.194 e. The number of hydrogen-bond acceptors (Lipinski definition) is 5. The minimum Gasteiger partial charge on any atom is -0.394 e. The number of aliphatic hydroxyl groups is 1. The molecule has 2 heterocycles. The molecule has 74 valence electrons. The monoisotopic (exact) mass is 257 g/mol. The maximum Gasteiger partial charge on any atom is 0.194 e. The summed E-state index contributed by atoms with van der Waals surface area (Å²) < 4.78 is 2.29. The van der Waals surface area contributed by atoms with Gasteiger partial charge >= 0.3 is 0 Å². The first-order valence-corrected chi connectivity index (χ1v) is 4.75. The molecule has 14 heavy (non-hydrogen) atoms. The van der Waals surface area contributed by atoms with E-state index in [0.717, 1.165) is 0 Å². The van der Waals surface area contributed by atoms with Crippen LogP contribution < -0.4 is 5.73 Å². The van der Waals surface area contributed by atoms with Gasteiger partial charge in [0.15, 0.2) is 16.1 Å². The molecular formula is C7H8BrN5O. The molecule has 0 bridgehead atoms. The molecule has 0 aliphatic carbocycles. The van der Waals surface area contributed by atoms with Gasteiger partial charge in [-0.05, 0) is 15.9 Å². The lowest BCUT2D eigenvalue weighted by molar-refractivity contribution is 0.263. The number of nitrogens with two attached hydrogens (primary N) is 1. The van der Waals surface area contributed by atoms with Crippen molar-refractivity contribution in [3.05, 3.63) is 22.8 Å². The molecule has 2 aromatic rings. The molecular weight excluding hydrogens is 250 g/mol. The second-order valence-electron chi connectivity index (χ2n) is 2.76. The van der Waals surface area contributed by atoms with Gasteiger partial charge in [0.05, 0.1) is 12.6 Å². The number of rotatable bonds is 2. The normalized spacial score (nSPS) is 13.4. The van der Waals surface area contributed by atoms with Gasteiger partial charge in [-0.15, -0.1) is 10.2 Å². The average Bonchev–Trinajstić information content (AvgIpc) is 2.62. The summed E-state index contributed by atoms with van der Waals surface area (Å²) in [5.41, 5.74) is 6.24. The van der Waals surface area contributed by atoms with E-state index in [4.69, 9.17) is 10.8 Å². The molecule has 0 aromatic carbocycles. The first-order valence-electron chi connectivity index (χ1n) is 3.95. The maximum absolute atomic E-state index is 8.90. The Hall–Kier alpha value is -1.05. The van der Waals surface area contributed by atoms with Gasteiger partial charge in [0.2, 0.25) is 0 Å². The van der Waals surface area contributed by atoms with Crippen LogP contribution in [-0.4, -0.2) is 31.3 Å². The van der Waals surface area contributed by atoms with Crippen LogP contribution in [0.3, 0.4) is 0 Å². The summed E-state index contributed by atoms with van der Waals surface area (Å²) >= 11 is 3.24. The molecule has 0 spiro atoms. The molecule has 0 aliphatic heterocycles. The van der Waals surface area contributed by atoms with Crippen LogP contribution >= 0.6 is 15.9 Å². The Labute approximate surface area is 87.9 Å². The minimum absolute atomic E-state index is 0.166. The first-order chi connectivity index (χ1) is 6.74. The van der Waals surface area contributed by atoms with E-state index in [1.165, 1.54) is 0 Å². The number of aliphatic hydroxyl groups excluding tert-OH is 1. The molecule has 0 aliphatic rings. The number of hydrogen-bond donors (Lipinski definition) is 2. The highest BCUT2D eigenvalue weighted by molar-refractivity contribution is 9.10. The molecule has 2 aromatic heterocycles. The molecule has 1 atom stereocenters. The highest BCUT2D eigenvalue weighted by atomic mass is 79.9. The van der Waals surface area contributed by atoms with Crippen LogP contribution in [0.4, 0.5) is 0 Å². The predicted octanol–water partition coefficient (Wildman–Crippen LogP) is -0.121. The molecule has 0 fully saturated rings. The van der Waals surface area contributed by atoms with E-state index >= 15 is 0 Å². The lowest BCUT2D eigenvalue weighted by atomic mass is 10.3. The highest BCUT2D eigenvalue weighted by Crippen LogP contribution is 2.15. The van der Waals surface area contributed by atoms with Crippen molar-refractivity contribution in [2.45, 2.75) is 6.04 Å². The molecule has 7 heteroatoms. The van der Waals surface area contributed by atoms with E-state index in [1.54, 1.807) is 16.8 Å². The van der Waals surface area contributed by atoms with Crippen molar-refractivity contribution in [1.29, 1.82) is 0 Å². The Morgan fingerprint density at radius 2 is 2.36 bits per heavy atom. The lowest BCUT2D eigenvalue weighted by Crippen LogP contribution is -2.17. The molecule has 0 radical (unpaired) electrons. The fraction of sp³-hybridized carbons (Fsp3) is 0.286. The zero-order valence-corrected chi connectivity index (χ0v) is 8.72. The van der Waals surface area contributed by atoms with E-state index in [0.29, 0.717) is 16.1 Å². The predicted molar refractivity (Wildman–Crippen MR) is 52.5 cm³/mol. The Morgan fingerprint density at radius 3 is 3.07 bits per heavy atom. The Morgan fingerprint density at radius 1 is 1.57 bits per heavy atom. The molecule has 0 saturated carbocycles. The van der Waals surface area contributed by atoms with Crippen LogP contribution in [0.25, 0.3) is 5.65 Å². The van der Waals surface area contributed by atoms with Crippen LogP contribution in [0.1, 0.15) is 11.9 Å². The van der Waals surface area contributed by atoms with E-state index in [-0.39, 0.29) is 6.61 Å². The summed E-state index contributed by atoms with van der Waals surface area (Å²) in [4.78, 5) is 4.00. The molecule has 6 nitrogen and oxygen atoms in total. The fourth-order valence-electron chi connectivity index (χ4n) is 1.15. The van der Waals surface area contributed by atoms with Gasteiger partial charge in [0, 0.05) is 12.4 Å². The van der Waals surface area contributed by atoms with Crippen molar-refractivity contribution in [3.63, 3.8) is 0 Å². The first kappa shape index (κ1) is 9.50. The quantitative estimate of drug-likeness (QED) is 0.783. The summed E-state index contributed by atoms with van der Waals surface area (Å²) in [6.45, 7) is -0.166. The summed E-state index contributed by atoms with van der Waals surface area (Å²) in [5, 5.41) is 16.7. The summed E-state index contributed by atoms with van der Waals surface area (Å²) in [5.74, 6) is 0.519. The van der Waals surface area contributed by atoms with Gasteiger partial charge in [-0.25, -0.2) is 4.98 Å². The number of fused-ring (bicyclic) bond motifs is 1. The topological polar surface area (TPSA) is 89.3 Å². The van der Waals surface area contributed by atoms with E-state index in [9.17, 15) is 0 Å². The molecule has 2 rings (SSSR count). The van der Waals surface area contributed by atoms with E-state index in [2.05, 4.69) is 31.1 Å². The highest BCUT2D eigenvalue weighted by Gasteiger charge is 2.14. The average molecular weight is 258 g/mol. The van der Waals surface area contributed by atoms with E-state index in [1.807, 2.05) is 0 Å². The van der Waals surface area contributed by atoms with Crippen LogP contribution in [0.15, 0.2) is 17.0 Å². The number of aromatic nitrogens is 4. The standard InChI is InChI=1S/C7H8BrN5O/c8-5-7-12-11-6(4(9)3-14)13(7)2-1-10-5/h1-2,4,14H,3,9H2. The second kappa shape index (κ2) is 3.60. The van der Waals surface area contributed by atoms with Gasteiger partial charge in [0.1, 0.15) is 0 Å². The zero-order chi connectivity index (χ0) is 10.1. The van der Waals surface area contributed by atoms with Crippen LogP contribution in [0.2, 0.25) is 0 Å². The Bertz CT molecular complexity index is 456. The third-order valence-corrected chi connectivity index (χ3v) is 2.40. The summed E-state index contributed by atoms with van der Waals surface area (Å²) in [6.07, 6.45) is 3.30. The number of halogens is 1. The van der Waals surface area contributed by atoms with Crippen molar-refractivity contribution in [2.24, 2.45) is 5.73 Å². The molecule has 0 amide bonds. The van der Waals surface area contributed by atoms with Gasteiger partial charge in [0.25, 0.3) is 0 Å². The summed E-state index contributed by atoms with van der Waals surface area (Å²) in [7, 11) is 0. The van der Waals surface area contributed by atoms with Gasteiger partial charge < -0.3 is 10.8 Å². The lowest BCUT2D eigenvalue weighted by Gasteiger charge is -2.04. The largest absolute Gasteiger partial charge is 0.394 e. The van der Waals surface area contributed by atoms with Gasteiger partial charge in [-0.2, -0.15) is 0 Å². The fourth-order valence-corrected chi connectivity index (χ4v) is 1.54. The van der Waals surface area contributed by atoms with Crippen molar-refractivity contribution >= 4 is 21.6 Å². The van der Waals surface area contributed by atoms with Crippen molar-refractivity contribution in [2.75, 3.05) is 6.61 Å². The Kier molecular flexibility index (Phi) is 2.44. The van der Waals surface area contributed by atoms with E-state index < -0.39 is 6.04 Å². The number of nitrogens with zero attached hydrogens (tertiary/aromatic N) is 4. The third-order valence-electron chi connectivity index (χ3n) is 1.84. The van der Waals surface area contributed by atoms with Gasteiger partial charge in [-0.1, -0.05) is 0 Å². The SMILES string of the molecule is NC(CO)c1nnc2c(Br)nccn12. The van der Waals surface area contributed by atoms with Crippen LogP contribution in [0.5, 0.6) is 0 Å². The maximum atomic E-state index is 8.90. The second-order valence-corrected chi connectivity index (χ2v) is 3.51.